The van der Waals surface area contributed by atoms with Crippen LogP contribution in [0.5, 0.6) is 0 Å². The van der Waals surface area contributed by atoms with Gasteiger partial charge in [0.15, 0.2) is 0 Å². The lowest BCUT2D eigenvalue weighted by Gasteiger charge is -2.15. The van der Waals surface area contributed by atoms with Gasteiger partial charge in [-0.05, 0) is 55.7 Å². The molecule has 2 aromatic rings. The first-order chi connectivity index (χ1) is 12.9. The van der Waals surface area contributed by atoms with E-state index < -0.39 is 21.8 Å². The number of rotatable bonds is 6. The van der Waals surface area contributed by atoms with E-state index >= 15 is 0 Å². The van der Waals surface area contributed by atoms with Crippen molar-refractivity contribution < 1.29 is 27.1 Å². The van der Waals surface area contributed by atoms with E-state index in [1.54, 1.807) is 12.1 Å². The van der Waals surface area contributed by atoms with Crippen LogP contribution in [0.25, 0.3) is 0 Å². The standard InChI is InChI=1S/C19H20FNO5S/c1-13-11-14(20)8-9-18(13)27(23,24)21-17-7-3-2-6-16(17)19(22)26-12-15-5-4-10-25-15/h2-3,6-9,11,15,21H,4-5,10,12H2,1H3. The lowest BCUT2D eigenvalue weighted by Crippen LogP contribution is -2.20. The highest BCUT2D eigenvalue weighted by Gasteiger charge is 2.23. The number of carbonyl (C=O) groups is 1. The van der Waals surface area contributed by atoms with Gasteiger partial charge in [-0.25, -0.2) is 17.6 Å². The third-order valence-electron chi connectivity index (χ3n) is 4.24. The minimum absolute atomic E-state index is 0.0635. The number of aryl methyl sites for hydroxylation is 1. The quantitative estimate of drug-likeness (QED) is 0.762. The maximum atomic E-state index is 13.3. The van der Waals surface area contributed by atoms with E-state index in [9.17, 15) is 17.6 Å². The fraction of sp³-hybridized carbons (Fsp3) is 0.316. The maximum absolute atomic E-state index is 13.3. The highest BCUT2D eigenvalue weighted by Crippen LogP contribution is 2.23. The summed E-state index contributed by atoms with van der Waals surface area (Å²) in [5.74, 6) is -1.16. The number of hydrogen-bond acceptors (Lipinski definition) is 5. The SMILES string of the molecule is Cc1cc(F)ccc1S(=O)(=O)Nc1ccccc1C(=O)OCC1CCCO1. The number of para-hydroxylation sites is 1. The molecule has 0 spiro atoms. The molecule has 6 nitrogen and oxygen atoms in total. The molecule has 0 aromatic heterocycles. The normalized spacial score (nSPS) is 16.9. The Balaban J connectivity index is 1.79. The molecule has 1 N–H and O–H groups in total. The molecule has 1 unspecified atom stereocenters. The molecule has 0 radical (unpaired) electrons. The number of sulfonamides is 1. The summed E-state index contributed by atoms with van der Waals surface area (Å²) >= 11 is 0. The number of carbonyl (C=O) groups excluding carboxylic acids is 1. The third kappa shape index (κ3) is 4.64. The average molecular weight is 393 g/mol. The van der Waals surface area contributed by atoms with Gasteiger partial charge in [-0.1, -0.05) is 12.1 Å². The predicted octanol–water partition coefficient (Wildman–Crippen LogP) is 3.27. The second-order valence-corrected chi connectivity index (χ2v) is 7.95. The Morgan fingerprint density at radius 2 is 2.07 bits per heavy atom. The van der Waals surface area contributed by atoms with Crippen molar-refractivity contribution in [1.29, 1.82) is 0 Å². The summed E-state index contributed by atoms with van der Waals surface area (Å²) < 4.78 is 51.7. The van der Waals surface area contributed by atoms with Crippen molar-refractivity contribution in [1.82, 2.24) is 0 Å². The highest BCUT2D eigenvalue weighted by molar-refractivity contribution is 7.92. The van der Waals surface area contributed by atoms with Crippen LogP contribution in [0.1, 0.15) is 28.8 Å². The van der Waals surface area contributed by atoms with Crippen molar-refractivity contribution in [2.75, 3.05) is 17.9 Å². The number of hydrogen-bond donors (Lipinski definition) is 1. The third-order valence-corrected chi connectivity index (χ3v) is 5.77. The lowest BCUT2D eigenvalue weighted by atomic mass is 10.2. The van der Waals surface area contributed by atoms with Crippen LogP contribution in [-0.4, -0.2) is 33.7 Å². The topological polar surface area (TPSA) is 81.7 Å². The fourth-order valence-corrected chi connectivity index (χ4v) is 4.19. The van der Waals surface area contributed by atoms with Crippen molar-refractivity contribution in [3.05, 3.63) is 59.4 Å². The second kappa shape index (κ2) is 8.06. The zero-order chi connectivity index (χ0) is 19.4. The van der Waals surface area contributed by atoms with Crippen molar-refractivity contribution in [2.45, 2.75) is 30.8 Å². The number of anilines is 1. The van der Waals surface area contributed by atoms with Gasteiger partial charge in [0.2, 0.25) is 0 Å². The molecule has 3 rings (SSSR count). The summed E-state index contributed by atoms with van der Waals surface area (Å²) in [6, 6.07) is 9.56. The average Bonchev–Trinajstić information content (AvgIpc) is 3.13. The van der Waals surface area contributed by atoms with E-state index in [-0.39, 0.29) is 34.4 Å². The number of benzene rings is 2. The summed E-state index contributed by atoms with van der Waals surface area (Å²) in [5, 5.41) is 0. The van der Waals surface area contributed by atoms with Gasteiger partial charge in [-0.3, -0.25) is 4.72 Å². The van der Waals surface area contributed by atoms with Gasteiger partial charge in [0.1, 0.15) is 12.4 Å². The van der Waals surface area contributed by atoms with Gasteiger partial charge in [-0.15, -0.1) is 0 Å². The number of esters is 1. The Labute approximate surface area is 157 Å². The smallest absolute Gasteiger partial charge is 0.340 e. The molecular weight excluding hydrogens is 373 g/mol. The lowest BCUT2D eigenvalue weighted by molar-refractivity contribution is 0.0162. The van der Waals surface area contributed by atoms with Gasteiger partial charge in [0.05, 0.1) is 22.3 Å². The minimum atomic E-state index is -4.00. The molecule has 2 aromatic carbocycles. The fourth-order valence-electron chi connectivity index (χ4n) is 2.89. The monoisotopic (exact) mass is 393 g/mol. The molecule has 1 fully saturated rings. The number of halogens is 1. The zero-order valence-corrected chi connectivity index (χ0v) is 15.6. The van der Waals surface area contributed by atoms with E-state index in [4.69, 9.17) is 9.47 Å². The molecule has 0 saturated carbocycles. The van der Waals surface area contributed by atoms with Crippen LogP contribution in [-0.2, 0) is 19.5 Å². The van der Waals surface area contributed by atoms with Crippen molar-refractivity contribution in [3.8, 4) is 0 Å². The summed E-state index contributed by atoms with van der Waals surface area (Å²) in [7, 11) is -4.00. The van der Waals surface area contributed by atoms with E-state index in [0.29, 0.717) is 6.61 Å². The summed E-state index contributed by atoms with van der Waals surface area (Å²) in [6.45, 7) is 2.27. The Kier molecular flexibility index (Phi) is 5.76. The van der Waals surface area contributed by atoms with Gasteiger partial charge in [-0.2, -0.15) is 0 Å². The van der Waals surface area contributed by atoms with E-state index in [1.165, 1.54) is 25.1 Å². The van der Waals surface area contributed by atoms with Crippen LogP contribution < -0.4 is 4.72 Å². The first kappa shape index (κ1) is 19.3. The van der Waals surface area contributed by atoms with Crippen LogP contribution in [0.3, 0.4) is 0 Å². The Bertz CT molecular complexity index is 939. The summed E-state index contributed by atoms with van der Waals surface area (Å²) in [6.07, 6.45) is 1.63. The van der Waals surface area contributed by atoms with Crippen LogP contribution >= 0.6 is 0 Å². The molecule has 1 saturated heterocycles. The molecule has 1 atom stereocenters. The number of ether oxygens (including phenoxy) is 2. The molecule has 0 aliphatic carbocycles. The van der Waals surface area contributed by atoms with Gasteiger partial charge in [0.25, 0.3) is 10.0 Å². The van der Waals surface area contributed by atoms with Crippen LogP contribution in [0, 0.1) is 12.7 Å². The molecule has 1 aliphatic heterocycles. The molecule has 8 heteroatoms. The highest BCUT2D eigenvalue weighted by atomic mass is 32.2. The largest absolute Gasteiger partial charge is 0.459 e. The van der Waals surface area contributed by atoms with Gasteiger partial charge >= 0.3 is 5.97 Å². The molecule has 27 heavy (non-hydrogen) atoms. The van der Waals surface area contributed by atoms with Crippen LogP contribution in [0.15, 0.2) is 47.4 Å². The molecule has 144 valence electrons. The molecule has 0 amide bonds. The van der Waals surface area contributed by atoms with Gasteiger partial charge < -0.3 is 9.47 Å². The van der Waals surface area contributed by atoms with Crippen molar-refractivity contribution >= 4 is 21.7 Å². The first-order valence-corrected chi connectivity index (χ1v) is 10.0. The predicted molar refractivity (Wildman–Crippen MR) is 97.6 cm³/mol. The zero-order valence-electron chi connectivity index (χ0n) is 14.8. The first-order valence-electron chi connectivity index (χ1n) is 8.53. The van der Waals surface area contributed by atoms with Crippen LogP contribution in [0.4, 0.5) is 10.1 Å². The van der Waals surface area contributed by atoms with Gasteiger partial charge in [0, 0.05) is 6.61 Å². The Hall–Kier alpha value is -2.45. The Morgan fingerprint density at radius 1 is 1.30 bits per heavy atom. The second-order valence-electron chi connectivity index (χ2n) is 6.29. The summed E-state index contributed by atoms with van der Waals surface area (Å²) in [5.41, 5.74) is 0.457. The molecule has 1 heterocycles. The van der Waals surface area contributed by atoms with E-state index in [1.807, 2.05) is 0 Å². The minimum Gasteiger partial charge on any atom is -0.459 e. The van der Waals surface area contributed by atoms with Crippen molar-refractivity contribution in [3.63, 3.8) is 0 Å². The molecule has 0 bridgehead atoms. The number of nitrogens with one attached hydrogen (secondary N) is 1. The van der Waals surface area contributed by atoms with E-state index in [0.717, 1.165) is 25.0 Å². The van der Waals surface area contributed by atoms with E-state index in [2.05, 4.69) is 4.72 Å². The molecular formula is C19H20FNO5S. The maximum Gasteiger partial charge on any atom is 0.340 e. The summed E-state index contributed by atoms with van der Waals surface area (Å²) in [4.78, 5) is 12.3. The molecule has 1 aliphatic rings. The van der Waals surface area contributed by atoms with Crippen LogP contribution in [0.2, 0.25) is 0 Å². The van der Waals surface area contributed by atoms with Crippen molar-refractivity contribution in [2.24, 2.45) is 0 Å². The Morgan fingerprint density at radius 3 is 2.78 bits per heavy atom.